The number of benzene rings is 2. The van der Waals surface area contributed by atoms with Gasteiger partial charge in [0.05, 0.1) is 25.6 Å². The van der Waals surface area contributed by atoms with E-state index in [1.165, 1.54) is 0 Å². The van der Waals surface area contributed by atoms with E-state index < -0.39 is 0 Å². The number of ether oxygens (including phenoxy) is 2. The smallest absolute Gasteiger partial charge is 0.270 e. The number of carbonyl (C=O) groups is 1. The molecule has 0 unspecified atom stereocenters. The summed E-state index contributed by atoms with van der Waals surface area (Å²) in [6, 6.07) is 20.5. The number of methoxy groups -OCH3 is 2. The van der Waals surface area contributed by atoms with Gasteiger partial charge in [-0.25, -0.2) is 4.68 Å². The van der Waals surface area contributed by atoms with Crippen LogP contribution in [0.2, 0.25) is 0 Å². The summed E-state index contributed by atoms with van der Waals surface area (Å²) in [6.07, 6.45) is 3.42. The van der Waals surface area contributed by atoms with Gasteiger partial charge in [-0.2, -0.15) is 5.10 Å². The van der Waals surface area contributed by atoms with E-state index in [0.29, 0.717) is 17.9 Å². The van der Waals surface area contributed by atoms with Crippen molar-refractivity contribution >= 4 is 5.91 Å². The predicted molar refractivity (Wildman–Crippen MR) is 118 cm³/mol. The zero-order chi connectivity index (χ0) is 21.6. The predicted octanol–water partition coefficient (Wildman–Crippen LogP) is 3.88. The van der Waals surface area contributed by atoms with Crippen molar-refractivity contribution in [2.24, 2.45) is 0 Å². The van der Waals surface area contributed by atoms with Crippen LogP contribution in [0.3, 0.4) is 0 Å². The van der Waals surface area contributed by atoms with Crippen molar-refractivity contribution in [3.8, 4) is 28.4 Å². The van der Waals surface area contributed by atoms with Gasteiger partial charge in [0, 0.05) is 24.5 Å². The van der Waals surface area contributed by atoms with E-state index >= 15 is 0 Å². The molecule has 0 spiro atoms. The highest BCUT2D eigenvalue weighted by atomic mass is 16.5. The normalized spacial score (nSPS) is 10.5. The van der Waals surface area contributed by atoms with Gasteiger partial charge in [0.25, 0.3) is 5.91 Å². The second-order valence-corrected chi connectivity index (χ2v) is 6.80. The molecular formula is C24H22N4O3. The molecule has 0 saturated heterocycles. The van der Waals surface area contributed by atoms with Gasteiger partial charge >= 0.3 is 0 Å². The van der Waals surface area contributed by atoms with Crippen LogP contribution in [0.15, 0.2) is 79.1 Å². The van der Waals surface area contributed by atoms with Crippen LogP contribution in [0.4, 0.5) is 0 Å². The molecule has 2 aromatic heterocycles. The Morgan fingerprint density at radius 2 is 1.77 bits per heavy atom. The quantitative estimate of drug-likeness (QED) is 0.497. The molecule has 2 aromatic carbocycles. The van der Waals surface area contributed by atoms with Crippen molar-refractivity contribution in [3.05, 3.63) is 90.4 Å². The third-order valence-corrected chi connectivity index (χ3v) is 4.80. The maximum Gasteiger partial charge on any atom is 0.270 e. The molecule has 2 heterocycles. The van der Waals surface area contributed by atoms with Gasteiger partial charge in [-0.05, 0) is 54.1 Å². The van der Waals surface area contributed by atoms with Crippen LogP contribution >= 0.6 is 0 Å². The minimum Gasteiger partial charge on any atom is -0.497 e. The molecule has 4 aromatic rings. The Morgan fingerprint density at radius 1 is 0.968 bits per heavy atom. The zero-order valence-electron chi connectivity index (χ0n) is 17.3. The molecule has 0 bridgehead atoms. The summed E-state index contributed by atoms with van der Waals surface area (Å²) in [5.41, 5.74) is 3.61. The van der Waals surface area contributed by atoms with E-state index in [0.717, 1.165) is 28.3 Å². The summed E-state index contributed by atoms with van der Waals surface area (Å²) in [5.74, 6) is 1.21. The van der Waals surface area contributed by atoms with Gasteiger partial charge in [-0.15, -0.1) is 0 Å². The summed E-state index contributed by atoms with van der Waals surface area (Å²) in [6.45, 7) is 0.370. The standard InChI is InChI=1S/C24H22N4O3/c1-30-20-10-8-19(9-11-20)28-23(24(29)26-16-17-5-4-12-25-15-17)14-22(27-28)18-6-3-7-21(13-18)31-2/h3-15H,16H2,1-2H3,(H,26,29). The van der Waals surface area contributed by atoms with Crippen LogP contribution in [0, 0.1) is 0 Å². The summed E-state index contributed by atoms with van der Waals surface area (Å²) in [7, 11) is 3.23. The summed E-state index contributed by atoms with van der Waals surface area (Å²) >= 11 is 0. The molecule has 1 N–H and O–H groups in total. The van der Waals surface area contributed by atoms with Crippen molar-refractivity contribution in [1.29, 1.82) is 0 Å². The van der Waals surface area contributed by atoms with E-state index in [4.69, 9.17) is 14.6 Å². The minimum atomic E-state index is -0.235. The van der Waals surface area contributed by atoms with E-state index in [2.05, 4.69) is 10.3 Å². The van der Waals surface area contributed by atoms with E-state index in [9.17, 15) is 4.79 Å². The number of amides is 1. The lowest BCUT2D eigenvalue weighted by Crippen LogP contribution is -2.25. The number of nitrogens with zero attached hydrogens (tertiary/aromatic N) is 3. The Kier molecular flexibility index (Phi) is 5.93. The van der Waals surface area contributed by atoms with E-state index in [1.54, 1.807) is 37.4 Å². The van der Waals surface area contributed by atoms with Gasteiger partial charge < -0.3 is 14.8 Å². The lowest BCUT2D eigenvalue weighted by molar-refractivity contribution is 0.0943. The van der Waals surface area contributed by atoms with E-state index in [1.807, 2.05) is 60.7 Å². The topological polar surface area (TPSA) is 78.3 Å². The SMILES string of the molecule is COc1ccc(-n2nc(-c3cccc(OC)c3)cc2C(=O)NCc2cccnc2)cc1. The van der Waals surface area contributed by atoms with Crippen molar-refractivity contribution in [1.82, 2.24) is 20.1 Å². The third kappa shape index (κ3) is 4.56. The molecule has 31 heavy (non-hydrogen) atoms. The number of carbonyl (C=O) groups excluding carboxylic acids is 1. The molecule has 0 aliphatic carbocycles. The first kappa shape index (κ1) is 20.2. The highest BCUT2D eigenvalue weighted by Gasteiger charge is 2.18. The summed E-state index contributed by atoms with van der Waals surface area (Å²) < 4.78 is 12.2. The number of pyridine rings is 1. The molecule has 7 heteroatoms. The second-order valence-electron chi connectivity index (χ2n) is 6.80. The Bertz CT molecular complexity index is 1170. The highest BCUT2D eigenvalue weighted by Crippen LogP contribution is 2.26. The molecule has 0 atom stereocenters. The molecule has 0 fully saturated rings. The largest absolute Gasteiger partial charge is 0.497 e. The van der Waals surface area contributed by atoms with Gasteiger partial charge in [-0.1, -0.05) is 18.2 Å². The molecular weight excluding hydrogens is 392 g/mol. The third-order valence-electron chi connectivity index (χ3n) is 4.80. The van der Waals surface area contributed by atoms with Gasteiger partial charge in [0.1, 0.15) is 17.2 Å². The lowest BCUT2D eigenvalue weighted by atomic mass is 10.1. The molecule has 0 aliphatic heterocycles. The zero-order valence-corrected chi connectivity index (χ0v) is 17.3. The van der Waals surface area contributed by atoms with Crippen LogP contribution in [0.25, 0.3) is 16.9 Å². The van der Waals surface area contributed by atoms with Crippen LogP contribution in [-0.4, -0.2) is 34.9 Å². The number of hydrogen-bond acceptors (Lipinski definition) is 5. The Labute approximate surface area is 180 Å². The number of nitrogens with one attached hydrogen (secondary N) is 1. The maximum atomic E-state index is 13.1. The number of hydrogen-bond donors (Lipinski definition) is 1. The average molecular weight is 414 g/mol. The van der Waals surface area contributed by atoms with Crippen LogP contribution in [0.5, 0.6) is 11.5 Å². The summed E-state index contributed by atoms with van der Waals surface area (Å²) in [5, 5.41) is 7.65. The molecule has 4 rings (SSSR count). The number of rotatable bonds is 7. The monoisotopic (exact) mass is 414 g/mol. The Balaban J connectivity index is 1.70. The van der Waals surface area contributed by atoms with Crippen molar-refractivity contribution in [2.75, 3.05) is 14.2 Å². The molecule has 0 aliphatic rings. The van der Waals surface area contributed by atoms with Crippen LogP contribution < -0.4 is 14.8 Å². The Morgan fingerprint density at radius 3 is 2.48 bits per heavy atom. The number of aromatic nitrogens is 3. The van der Waals surface area contributed by atoms with Crippen molar-refractivity contribution in [3.63, 3.8) is 0 Å². The van der Waals surface area contributed by atoms with Crippen LogP contribution in [0.1, 0.15) is 16.1 Å². The summed E-state index contributed by atoms with van der Waals surface area (Å²) in [4.78, 5) is 17.1. The first-order valence-corrected chi connectivity index (χ1v) is 9.74. The molecule has 1 amide bonds. The van der Waals surface area contributed by atoms with Crippen LogP contribution in [-0.2, 0) is 6.54 Å². The first-order chi connectivity index (χ1) is 15.2. The average Bonchev–Trinajstić information content (AvgIpc) is 3.29. The lowest BCUT2D eigenvalue weighted by Gasteiger charge is -2.09. The minimum absolute atomic E-state index is 0.235. The highest BCUT2D eigenvalue weighted by molar-refractivity contribution is 5.94. The molecule has 0 radical (unpaired) electrons. The van der Waals surface area contributed by atoms with Gasteiger partial charge in [0.15, 0.2) is 0 Å². The molecule has 7 nitrogen and oxygen atoms in total. The molecule has 156 valence electrons. The van der Waals surface area contributed by atoms with Crippen molar-refractivity contribution < 1.29 is 14.3 Å². The fourth-order valence-electron chi connectivity index (χ4n) is 3.16. The molecule has 0 saturated carbocycles. The fraction of sp³-hybridized carbons (Fsp3) is 0.125. The first-order valence-electron chi connectivity index (χ1n) is 9.74. The van der Waals surface area contributed by atoms with Gasteiger partial charge in [0.2, 0.25) is 0 Å². The van der Waals surface area contributed by atoms with Crippen molar-refractivity contribution in [2.45, 2.75) is 6.54 Å². The fourth-order valence-corrected chi connectivity index (χ4v) is 3.16. The Hall–Kier alpha value is -4.13. The van der Waals surface area contributed by atoms with Gasteiger partial charge in [-0.3, -0.25) is 9.78 Å². The van der Waals surface area contributed by atoms with E-state index in [-0.39, 0.29) is 5.91 Å². The second kappa shape index (κ2) is 9.13. The maximum absolute atomic E-state index is 13.1.